The van der Waals surface area contributed by atoms with E-state index in [4.69, 9.17) is 10.6 Å². The monoisotopic (exact) mass is 543 g/mol. The van der Waals surface area contributed by atoms with Gasteiger partial charge in [-0.2, -0.15) is 4.57 Å². The second-order valence-corrected chi connectivity index (χ2v) is 10.4. The van der Waals surface area contributed by atoms with E-state index >= 15 is 0 Å². The van der Waals surface area contributed by atoms with Crippen LogP contribution in [-0.2, 0) is 32.8 Å². The second kappa shape index (κ2) is 9.48. The minimum atomic E-state index is -1.20. The number of amides is 2. The molecule has 0 aliphatic carbocycles. The van der Waals surface area contributed by atoms with Crippen LogP contribution in [0, 0.1) is 6.92 Å². The first-order valence-corrected chi connectivity index (χ1v) is 13.0. The van der Waals surface area contributed by atoms with Gasteiger partial charge in [0.1, 0.15) is 35.7 Å². The smallest absolute Gasteiger partial charge is 0.352 e. The third-order valence-electron chi connectivity index (χ3n) is 6.18. The molecule has 2 aliphatic rings. The molecular formula is C22H23N8O5S2+. The Balaban J connectivity index is 1.36. The zero-order chi connectivity index (χ0) is 26.4. The molecule has 2 amide bonds. The maximum Gasteiger partial charge on any atom is 0.352 e. The lowest BCUT2D eigenvalue weighted by Crippen LogP contribution is -2.71. The van der Waals surface area contributed by atoms with Crippen molar-refractivity contribution in [3.05, 3.63) is 46.6 Å². The molecule has 2 aliphatic heterocycles. The molecular weight excluding hydrogens is 520 g/mol. The van der Waals surface area contributed by atoms with Crippen molar-refractivity contribution in [3.63, 3.8) is 0 Å². The van der Waals surface area contributed by atoms with Crippen molar-refractivity contribution in [2.45, 2.75) is 24.9 Å². The van der Waals surface area contributed by atoms with E-state index in [-0.39, 0.29) is 28.8 Å². The molecule has 5 heterocycles. The highest BCUT2D eigenvalue weighted by Gasteiger charge is 2.54. The fourth-order valence-corrected chi connectivity index (χ4v) is 6.22. The molecule has 13 nitrogen and oxygen atoms in total. The first kappa shape index (κ1) is 24.7. The molecule has 3 aromatic heterocycles. The number of thiazole rings is 1. The van der Waals surface area contributed by atoms with E-state index in [1.165, 1.54) is 23.8 Å². The molecule has 37 heavy (non-hydrogen) atoms. The number of carbonyl (C=O) groups excluding carboxylic acids is 2. The number of nitrogens with zero attached hydrogens (tertiary/aromatic N) is 6. The number of β-lactam (4-membered cyclic amide) rings is 1. The molecule has 1 fully saturated rings. The highest BCUT2D eigenvalue weighted by atomic mass is 32.2. The van der Waals surface area contributed by atoms with Crippen molar-refractivity contribution in [2.75, 3.05) is 18.6 Å². The van der Waals surface area contributed by atoms with Crippen molar-refractivity contribution in [1.29, 1.82) is 0 Å². The number of hydrogen-bond donors (Lipinski definition) is 3. The van der Waals surface area contributed by atoms with Gasteiger partial charge >= 0.3 is 5.97 Å². The molecule has 4 N–H and O–H groups in total. The molecule has 0 saturated carbocycles. The Morgan fingerprint density at radius 1 is 1.41 bits per heavy atom. The molecule has 5 rings (SSSR count). The van der Waals surface area contributed by atoms with E-state index in [0.717, 1.165) is 28.2 Å². The van der Waals surface area contributed by atoms with Gasteiger partial charge in [0.05, 0.1) is 5.52 Å². The maximum absolute atomic E-state index is 13.1. The van der Waals surface area contributed by atoms with Gasteiger partial charge in [0, 0.05) is 29.8 Å². The van der Waals surface area contributed by atoms with Gasteiger partial charge < -0.3 is 25.6 Å². The summed E-state index contributed by atoms with van der Waals surface area (Å²) in [5.74, 6) is -1.15. The van der Waals surface area contributed by atoms with Crippen LogP contribution in [0.3, 0.4) is 0 Å². The summed E-state index contributed by atoms with van der Waals surface area (Å²) in [5.41, 5.74) is 8.02. The Bertz CT molecular complexity index is 1510. The number of anilines is 1. The lowest BCUT2D eigenvalue weighted by atomic mass is 10.0. The van der Waals surface area contributed by atoms with E-state index in [0.29, 0.717) is 11.3 Å². The van der Waals surface area contributed by atoms with Gasteiger partial charge in [-0.1, -0.05) is 5.16 Å². The maximum atomic E-state index is 13.1. The van der Waals surface area contributed by atoms with Crippen LogP contribution in [0.1, 0.15) is 11.5 Å². The van der Waals surface area contributed by atoms with Crippen LogP contribution in [0.5, 0.6) is 0 Å². The average Bonchev–Trinajstić information content (AvgIpc) is 3.42. The molecule has 3 aromatic rings. The topological polar surface area (TPSA) is 169 Å². The molecule has 0 spiro atoms. The van der Waals surface area contributed by atoms with Crippen molar-refractivity contribution < 1.29 is 28.9 Å². The number of nitrogens with one attached hydrogen (secondary N) is 1. The van der Waals surface area contributed by atoms with Crippen LogP contribution in [-0.4, -0.2) is 72.3 Å². The number of pyridine rings is 1. The number of carbonyl (C=O) groups is 3. The number of nitrogen functional groups attached to an aromatic ring is 1. The molecule has 192 valence electrons. The van der Waals surface area contributed by atoms with E-state index in [2.05, 4.69) is 20.4 Å². The zero-order valence-electron chi connectivity index (χ0n) is 20.0. The molecule has 0 unspecified atom stereocenters. The van der Waals surface area contributed by atoms with Crippen molar-refractivity contribution >= 4 is 62.8 Å². The lowest BCUT2D eigenvalue weighted by molar-refractivity contribution is -0.687. The molecule has 15 heteroatoms. The minimum Gasteiger partial charge on any atom is -0.477 e. The van der Waals surface area contributed by atoms with Crippen LogP contribution >= 0.6 is 23.1 Å². The van der Waals surface area contributed by atoms with Gasteiger partial charge in [-0.3, -0.25) is 14.5 Å². The molecule has 2 atom stereocenters. The summed E-state index contributed by atoms with van der Waals surface area (Å²) in [6, 6.07) is 0.997. The summed E-state index contributed by atoms with van der Waals surface area (Å²) in [6.07, 6.45) is 3.71. The number of aromatic nitrogens is 4. The normalized spacial score (nSPS) is 19.6. The van der Waals surface area contributed by atoms with Gasteiger partial charge in [-0.05, 0) is 6.92 Å². The van der Waals surface area contributed by atoms with Gasteiger partial charge in [0.2, 0.25) is 0 Å². The van der Waals surface area contributed by atoms with Crippen molar-refractivity contribution in [3.8, 4) is 0 Å². The van der Waals surface area contributed by atoms with Gasteiger partial charge in [-0.25, -0.2) is 14.8 Å². The fourth-order valence-electron chi connectivity index (χ4n) is 4.34. The largest absolute Gasteiger partial charge is 0.477 e. The number of aliphatic carboxylic acids is 1. The third kappa shape index (κ3) is 4.29. The number of carboxylic acids is 1. The number of carboxylic acid groups (broad SMARTS) is 1. The predicted molar refractivity (Wildman–Crippen MR) is 135 cm³/mol. The van der Waals surface area contributed by atoms with Gasteiger partial charge in [0.15, 0.2) is 35.3 Å². The number of imidazole rings is 1. The Labute approximate surface area is 218 Å². The Hall–Kier alpha value is -3.98. The van der Waals surface area contributed by atoms with Crippen LogP contribution < -0.4 is 15.6 Å². The van der Waals surface area contributed by atoms with Gasteiger partial charge in [0.25, 0.3) is 11.8 Å². The standard InChI is InChI=1S/C22H22N8O5S2/c1-10-24-12-7-29(5-4-14(12)28(10)2)6-11-8-36-20-16(19(32)30(20)17(11)21(33)34)26-18(31)15(27-35-3)13-9-37-22(23)25-13/h4-5,7,9,16,20H,6,8H2,1-3H3,(H3-,23,25,26,31,33,34)/p+1/b27-15-/t16-,20-/m1/s1. The average molecular weight is 544 g/mol. The number of nitrogens with two attached hydrogens (primary N) is 1. The SMILES string of the molecule is CO/N=C(\C(=O)N[C@@H]1C(=O)N2C(C(=O)O)=C(C[n+]3ccc4c(c3)nc(C)n4C)CS[C@H]12)c1csc(N)n1. The highest BCUT2D eigenvalue weighted by molar-refractivity contribution is 8.00. The number of aryl methyl sites for hydroxylation is 2. The number of rotatable bonds is 7. The van der Waals surface area contributed by atoms with Crippen LogP contribution in [0.2, 0.25) is 0 Å². The summed E-state index contributed by atoms with van der Waals surface area (Å²) in [7, 11) is 3.21. The summed E-state index contributed by atoms with van der Waals surface area (Å²) < 4.78 is 3.83. The summed E-state index contributed by atoms with van der Waals surface area (Å²) in [6.45, 7) is 2.19. The summed E-state index contributed by atoms with van der Waals surface area (Å²) in [4.78, 5) is 52.8. The number of thioether (sulfide) groups is 1. The third-order valence-corrected chi connectivity index (χ3v) is 8.19. The zero-order valence-corrected chi connectivity index (χ0v) is 21.7. The molecule has 0 radical (unpaired) electrons. The molecule has 0 aromatic carbocycles. The summed E-state index contributed by atoms with van der Waals surface area (Å²) >= 11 is 2.51. The highest BCUT2D eigenvalue weighted by Crippen LogP contribution is 2.40. The first-order valence-electron chi connectivity index (χ1n) is 11.0. The lowest BCUT2D eigenvalue weighted by Gasteiger charge is -2.49. The van der Waals surface area contributed by atoms with E-state index in [9.17, 15) is 19.5 Å². The molecule has 0 bridgehead atoms. The first-order chi connectivity index (χ1) is 17.7. The van der Waals surface area contributed by atoms with Gasteiger partial charge in [-0.15, -0.1) is 23.1 Å². The quantitative estimate of drug-likeness (QED) is 0.161. The van der Waals surface area contributed by atoms with E-state index < -0.39 is 29.2 Å². The van der Waals surface area contributed by atoms with Crippen molar-refractivity contribution in [2.24, 2.45) is 12.2 Å². The Morgan fingerprint density at radius 2 is 2.19 bits per heavy atom. The number of oxime groups is 1. The van der Waals surface area contributed by atoms with E-state index in [1.807, 2.05) is 41.6 Å². The van der Waals surface area contributed by atoms with Crippen LogP contribution in [0.4, 0.5) is 5.13 Å². The van der Waals surface area contributed by atoms with Crippen LogP contribution in [0.15, 0.2) is 40.3 Å². The molecule has 1 saturated heterocycles. The number of hydrogen-bond acceptors (Lipinski definition) is 10. The van der Waals surface area contributed by atoms with Crippen molar-refractivity contribution in [1.82, 2.24) is 24.8 Å². The Kier molecular flexibility index (Phi) is 6.33. The van der Waals surface area contributed by atoms with E-state index in [1.54, 1.807) is 5.38 Å². The van der Waals surface area contributed by atoms with Crippen LogP contribution in [0.25, 0.3) is 11.0 Å². The minimum absolute atomic E-state index is 0.0675. The second-order valence-electron chi connectivity index (χ2n) is 8.42. The number of fused-ring (bicyclic) bond motifs is 2. The summed E-state index contributed by atoms with van der Waals surface area (Å²) in [5, 5.41) is 17.6. The fraction of sp³-hybridized carbons (Fsp3) is 0.318. The predicted octanol–water partition coefficient (Wildman–Crippen LogP) is -0.00278. The Morgan fingerprint density at radius 3 is 2.86 bits per heavy atom.